The highest BCUT2D eigenvalue weighted by Gasteiger charge is 2.18. The summed E-state index contributed by atoms with van der Waals surface area (Å²) in [6, 6.07) is 0. The van der Waals surface area contributed by atoms with Crippen LogP contribution in [0.15, 0.2) is 12.4 Å². The molecule has 1 aromatic heterocycles. The molecule has 1 rings (SSSR count). The smallest absolute Gasteiger partial charge is 0.169 e. The van der Waals surface area contributed by atoms with Crippen molar-refractivity contribution in [2.45, 2.75) is 59.4 Å². The predicted molar refractivity (Wildman–Crippen MR) is 70.2 cm³/mol. The number of nitrogens with zero attached hydrogens (tertiary/aromatic N) is 2. The Balaban J connectivity index is 2.65. The molecule has 3 nitrogen and oxygen atoms in total. The van der Waals surface area contributed by atoms with Crippen LogP contribution >= 0.6 is 0 Å². The monoisotopic (exact) mass is 236 g/mol. The van der Waals surface area contributed by atoms with E-state index in [9.17, 15) is 4.79 Å². The van der Waals surface area contributed by atoms with Gasteiger partial charge in [-0.15, -0.1) is 0 Å². The number of carbonyl (C=O) groups excluding carboxylic acids is 1. The zero-order valence-electron chi connectivity index (χ0n) is 11.3. The van der Waals surface area contributed by atoms with Crippen molar-refractivity contribution < 1.29 is 4.79 Å². The van der Waals surface area contributed by atoms with Gasteiger partial charge in [0.15, 0.2) is 5.78 Å². The third kappa shape index (κ3) is 3.99. The van der Waals surface area contributed by atoms with Gasteiger partial charge in [0.05, 0.1) is 11.8 Å². The molecule has 0 saturated heterocycles. The van der Waals surface area contributed by atoms with Gasteiger partial charge < -0.3 is 0 Å². The van der Waals surface area contributed by atoms with Gasteiger partial charge in [0.2, 0.25) is 0 Å². The lowest BCUT2D eigenvalue weighted by atomic mass is 9.92. The quantitative estimate of drug-likeness (QED) is 0.645. The molecule has 3 heteroatoms. The number of ketones is 1. The van der Waals surface area contributed by atoms with Crippen LogP contribution in [0.4, 0.5) is 0 Å². The van der Waals surface area contributed by atoms with Crippen molar-refractivity contribution in [3.05, 3.63) is 18.0 Å². The van der Waals surface area contributed by atoms with Gasteiger partial charge in [-0.25, -0.2) is 0 Å². The van der Waals surface area contributed by atoms with Crippen LogP contribution in [0.2, 0.25) is 0 Å². The van der Waals surface area contributed by atoms with E-state index in [0.717, 1.165) is 44.2 Å². The lowest BCUT2D eigenvalue weighted by molar-refractivity contribution is 0.0908. The summed E-state index contributed by atoms with van der Waals surface area (Å²) in [4.78, 5) is 12.2. The first kappa shape index (κ1) is 13.9. The number of carbonyl (C=O) groups is 1. The first-order chi connectivity index (χ1) is 8.22. The Hall–Kier alpha value is -1.12. The summed E-state index contributed by atoms with van der Waals surface area (Å²) in [5.74, 6) is 0.442. The second-order valence-electron chi connectivity index (χ2n) is 4.60. The van der Waals surface area contributed by atoms with Crippen LogP contribution in [0.3, 0.4) is 0 Å². The van der Waals surface area contributed by atoms with E-state index in [1.54, 1.807) is 6.20 Å². The molecule has 0 aliphatic rings. The molecule has 0 saturated carbocycles. The van der Waals surface area contributed by atoms with Crippen LogP contribution < -0.4 is 0 Å². The number of hydrogen-bond acceptors (Lipinski definition) is 2. The third-order valence-corrected chi connectivity index (χ3v) is 3.14. The van der Waals surface area contributed by atoms with Gasteiger partial charge in [0.1, 0.15) is 0 Å². The summed E-state index contributed by atoms with van der Waals surface area (Å²) in [6.45, 7) is 7.25. The molecule has 0 bridgehead atoms. The highest BCUT2D eigenvalue weighted by Crippen LogP contribution is 2.18. The summed E-state index contributed by atoms with van der Waals surface area (Å²) in [7, 11) is 0. The van der Waals surface area contributed by atoms with Gasteiger partial charge >= 0.3 is 0 Å². The molecule has 17 heavy (non-hydrogen) atoms. The summed E-state index contributed by atoms with van der Waals surface area (Å²) in [6.07, 6.45) is 8.87. The Kier molecular flexibility index (Phi) is 5.95. The molecule has 0 N–H and O–H groups in total. The number of aryl methyl sites for hydroxylation is 1. The average molecular weight is 236 g/mol. The minimum absolute atomic E-state index is 0.175. The molecule has 0 spiro atoms. The molecule has 1 atom stereocenters. The fraction of sp³-hybridized carbons (Fsp3) is 0.714. The zero-order chi connectivity index (χ0) is 12.7. The van der Waals surface area contributed by atoms with Crippen molar-refractivity contribution >= 4 is 5.78 Å². The summed E-state index contributed by atoms with van der Waals surface area (Å²) in [5, 5.41) is 4.22. The molecular weight excluding hydrogens is 212 g/mol. The molecular formula is C14H24N2O. The van der Waals surface area contributed by atoms with E-state index in [-0.39, 0.29) is 11.7 Å². The minimum Gasteiger partial charge on any atom is -0.294 e. The van der Waals surface area contributed by atoms with Crippen LogP contribution in [-0.4, -0.2) is 15.6 Å². The van der Waals surface area contributed by atoms with Crippen LogP contribution in [-0.2, 0) is 6.54 Å². The Morgan fingerprint density at radius 3 is 2.71 bits per heavy atom. The van der Waals surface area contributed by atoms with Crippen LogP contribution in [0, 0.1) is 5.92 Å². The molecule has 0 aromatic carbocycles. The van der Waals surface area contributed by atoms with Gasteiger partial charge in [-0.2, -0.15) is 5.10 Å². The number of Topliss-reactive ketones (excluding diaryl/α,β-unsaturated/α-hetero) is 1. The lowest BCUT2D eigenvalue weighted by Crippen LogP contribution is -2.13. The van der Waals surface area contributed by atoms with E-state index >= 15 is 0 Å². The zero-order valence-corrected chi connectivity index (χ0v) is 11.3. The lowest BCUT2D eigenvalue weighted by Gasteiger charge is -2.11. The molecule has 1 heterocycles. The number of rotatable bonds is 8. The van der Waals surface area contributed by atoms with E-state index in [2.05, 4.69) is 25.9 Å². The summed E-state index contributed by atoms with van der Waals surface area (Å²) in [5.41, 5.74) is 0.779. The largest absolute Gasteiger partial charge is 0.294 e. The maximum atomic E-state index is 12.2. The predicted octanol–water partition coefficient (Wildman–Crippen LogP) is 3.69. The van der Waals surface area contributed by atoms with Crippen molar-refractivity contribution in [1.29, 1.82) is 0 Å². The third-order valence-electron chi connectivity index (χ3n) is 3.14. The van der Waals surface area contributed by atoms with Crippen LogP contribution in [0.5, 0.6) is 0 Å². The first-order valence-corrected chi connectivity index (χ1v) is 6.79. The molecule has 0 radical (unpaired) electrons. The fourth-order valence-electron chi connectivity index (χ4n) is 2.05. The van der Waals surface area contributed by atoms with E-state index in [4.69, 9.17) is 0 Å². The van der Waals surface area contributed by atoms with Crippen LogP contribution in [0.1, 0.15) is 63.2 Å². The maximum absolute atomic E-state index is 12.2. The Morgan fingerprint density at radius 2 is 2.12 bits per heavy atom. The summed E-state index contributed by atoms with van der Waals surface area (Å²) < 4.78 is 1.86. The SMILES string of the molecule is CCCCC(CC)C(=O)c1cnn(CCC)c1. The topological polar surface area (TPSA) is 34.9 Å². The van der Waals surface area contributed by atoms with Gasteiger partial charge in [0, 0.05) is 18.7 Å². The Labute approximate surface area is 104 Å². The Morgan fingerprint density at radius 1 is 1.35 bits per heavy atom. The molecule has 1 unspecified atom stereocenters. The molecule has 0 aliphatic carbocycles. The van der Waals surface area contributed by atoms with Crippen molar-refractivity contribution in [3.63, 3.8) is 0 Å². The highest BCUT2D eigenvalue weighted by atomic mass is 16.1. The van der Waals surface area contributed by atoms with Gasteiger partial charge in [-0.3, -0.25) is 9.48 Å². The molecule has 0 amide bonds. The second kappa shape index (κ2) is 7.25. The van der Waals surface area contributed by atoms with Crippen LogP contribution in [0.25, 0.3) is 0 Å². The van der Waals surface area contributed by atoms with Gasteiger partial charge in [-0.1, -0.05) is 33.6 Å². The standard InChI is InChI=1S/C14H24N2O/c1-4-7-8-12(6-3)14(17)13-10-15-16(11-13)9-5-2/h10-12H,4-9H2,1-3H3. The van der Waals surface area contributed by atoms with E-state index < -0.39 is 0 Å². The summed E-state index contributed by atoms with van der Waals surface area (Å²) >= 11 is 0. The van der Waals surface area contributed by atoms with Crippen molar-refractivity contribution in [1.82, 2.24) is 9.78 Å². The number of unbranched alkanes of at least 4 members (excludes halogenated alkanes) is 1. The molecule has 96 valence electrons. The minimum atomic E-state index is 0.175. The van der Waals surface area contributed by atoms with E-state index in [1.165, 1.54) is 0 Å². The average Bonchev–Trinajstić information content (AvgIpc) is 2.79. The number of hydrogen-bond donors (Lipinski definition) is 0. The fourth-order valence-corrected chi connectivity index (χ4v) is 2.05. The number of aromatic nitrogens is 2. The van der Waals surface area contributed by atoms with Crippen molar-refractivity contribution in [2.75, 3.05) is 0 Å². The van der Waals surface area contributed by atoms with Crippen molar-refractivity contribution in [2.24, 2.45) is 5.92 Å². The van der Waals surface area contributed by atoms with Crippen molar-refractivity contribution in [3.8, 4) is 0 Å². The first-order valence-electron chi connectivity index (χ1n) is 6.79. The Bertz CT molecular complexity index is 344. The molecule has 0 fully saturated rings. The second-order valence-corrected chi connectivity index (χ2v) is 4.60. The molecule has 1 aromatic rings. The normalized spacial score (nSPS) is 12.6. The van der Waals surface area contributed by atoms with E-state index in [1.807, 2.05) is 10.9 Å². The maximum Gasteiger partial charge on any atom is 0.169 e. The molecule has 0 aliphatic heterocycles. The van der Waals surface area contributed by atoms with Gasteiger partial charge in [0.25, 0.3) is 0 Å². The van der Waals surface area contributed by atoms with Gasteiger partial charge in [-0.05, 0) is 19.3 Å². The highest BCUT2D eigenvalue weighted by molar-refractivity contribution is 5.97. The van der Waals surface area contributed by atoms with E-state index in [0.29, 0.717) is 0 Å².